The van der Waals surface area contributed by atoms with Crippen LogP contribution in [0.5, 0.6) is 0 Å². The van der Waals surface area contributed by atoms with Gasteiger partial charge in [0.25, 0.3) is 0 Å². The minimum absolute atomic E-state index is 0.576. The van der Waals surface area contributed by atoms with Crippen LogP contribution in [0.1, 0.15) is 0 Å². The van der Waals surface area contributed by atoms with Crippen LogP contribution in [-0.2, 0) is 0 Å². The van der Waals surface area contributed by atoms with Crippen molar-refractivity contribution in [2.45, 2.75) is 18.3 Å². The molecule has 0 aromatic heterocycles. The van der Waals surface area contributed by atoms with E-state index in [0.717, 1.165) is 0 Å². The van der Waals surface area contributed by atoms with E-state index in [0.29, 0.717) is 0 Å². The Balaban J connectivity index is 3.58. The van der Waals surface area contributed by atoms with E-state index >= 15 is 0 Å². The van der Waals surface area contributed by atoms with E-state index in [1.807, 2.05) is 0 Å². The molecule has 0 aliphatic heterocycles. The number of hydrogen-bond donors (Lipinski definition) is 4. The summed E-state index contributed by atoms with van der Waals surface area (Å²) < 4.78 is 0. The zero-order chi connectivity index (χ0) is 7.44. The van der Waals surface area contributed by atoms with Gasteiger partial charge in [0, 0.05) is 0 Å². The summed E-state index contributed by atoms with van der Waals surface area (Å²) in [4.78, 5) is 0. The van der Waals surface area contributed by atoms with Crippen LogP contribution in [0.25, 0.3) is 0 Å². The van der Waals surface area contributed by atoms with Crippen molar-refractivity contribution in [3.05, 3.63) is 6.92 Å². The van der Waals surface area contributed by atoms with Crippen LogP contribution in [0, 0.1) is 6.92 Å². The number of aliphatic hydroxyl groups excluding tert-OH is 4. The Morgan fingerprint density at radius 2 is 1.67 bits per heavy atom. The van der Waals surface area contributed by atoms with Gasteiger partial charge >= 0.3 is 0 Å². The molecule has 0 bridgehead atoms. The molecule has 0 heterocycles. The lowest BCUT2D eigenvalue weighted by atomic mass is 10.1. The molecule has 0 aromatic rings. The Labute approximate surface area is 53.4 Å². The molecule has 9 heavy (non-hydrogen) atoms. The van der Waals surface area contributed by atoms with Crippen LogP contribution in [-0.4, -0.2) is 45.3 Å². The van der Waals surface area contributed by atoms with Crippen LogP contribution in [0.3, 0.4) is 0 Å². The Bertz CT molecular complexity index is 73.4. The molecule has 0 aliphatic rings. The normalized spacial score (nSPS) is 21.0. The lowest BCUT2D eigenvalue weighted by Gasteiger charge is -2.17. The Morgan fingerprint density at radius 1 is 1.22 bits per heavy atom. The molecular weight excluding hydrogens is 124 g/mol. The largest absolute Gasteiger partial charge is 0.394 e. The highest BCUT2D eigenvalue weighted by Crippen LogP contribution is 1.96. The smallest absolute Gasteiger partial charge is 0.108 e. The summed E-state index contributed by atoms with van der Waals surface area (Å²) in [7, 11) is 0. The van der Waals surface area contributed by atoms with Gasteiger partial charge in [-0.25, -0.2) is 0 Å². The molecule has 55 valence electrons. The first-order valence-corrected chi connectivity index (χ1v) is 2.57. The van der Waals surface area contributed by atoms with Gasteiger partial charge < -0.3 is 20.4 Å². The summed E-state index contributed by atoms with van der Waals surface area (Å²) in [6, 6.07) is 0. The fourth-order valence-corrected chi connectivity index (χ4v) is 0.364. The summed E-state index contributed by atoms with van der Waals surface area (Å²) in [5.74, 6) is 0. The highest BCUT2D eigenvalue weighted by molar-refractivity contribution is 4.75. The average molecular weight is 135 g/mol. The average Bonchev–Trinajstić information content (AvgIpc) is 1.84. The molecule has 4 N–H and O–H groups in total. The van der Waals surface area contributed by atoms with E-state index in [1.165, 1.54) is 0 Å². The summed E-state index contributed by atoms with van der Waals surface area (Å²) in [5, 5.41) is 34.0. The van der Waals surface area contributed by atoms with Gasteiger partial charge in [-0.1, -0.05) is 0 Å². The van der Waals surface area contributed by atoms with Crippen LogP contribution in [0.4, 0.5) is 0 Å². The second-order valence-electron chi connectivity index (χ2n) is 1.81. The summed E-state index contributed by atoms with van der Waals surface area (Å²) in [6.07, 6.45) is -3.93. The van der Waals surface area contributed by atoms with Crippen molar-refractivity contribution in [1.82, 2.24) is 0 Å². The van der Waals surface area contributed by atoms with Gasteiger partial charge in [-0.15, -0.1) is 0 Å². The van der Waals surface area contributed by atoms with E-state index in [1.54, 1.807) is 0 Å². The molecule has 0 unspecified atom stereocenters. The van der Waals surface area contributed by atoms with Crippen molar-refractivity contribution in [2.24, 2.45) is 0 Å². The van der Waals surface area contributed by atoms with Gasteiger partial charge in [0.05, 0.1) is 12.7 Å². The molecule has 0 aliphatic carbocycles. The summed E-state index contributed by atoms with van der Waals surface area (Å²) >= 11 is 0. The van der Waals surface area contributed by atoms with Gasteiger partial charge in [0.15, 0.2) is 0 Å². The van der Waals surface area contributed by atoms with E-state index in [9.17, 15) is 0 Å². The fraction of sp³-hybridized carbons (Fsp3) is 0.800. The quantitative estimate of drug-likeness (QED) is 0.357. The molecule has 0 saturated heterocycles. The van der Waals surface area contributed by atoms with Crippen LogP contribution >= 0.6 is 0 Å². The summed E-state index contributed by atoms with van der Waals surface area (Å²) in [6.45, 7) is 2.47. The molecule has 0 rings (SSSR count). The van der Waals surface area contributed by atoms with Crippen molar-refractivity contribution < 1.29 is 20.4 Å². The fourth-order valence-electron chi connectivity index (χ4n) is 0.364. The maximum atomic E-state index is 8.67. The second kappa shape index (κ2) is 3.79. The number of aliphatic hydroxyl groups is 4. The second-order valence-corrected chi connectivity index (χ2v) is 1.81. The Kier molecular flexibility index (Phi) is 3.72. The zero-order valence-electron chi connectivity index (χ0n) is 4.94. The first-order chi connectivity index (χ1) is 4.09. The van der Waals surface area contributed by atoms with Crippen molar-refractivity contribution in [2.75, 3.05) is 6.61 Å². The Morgan fingerprint density at radius 3 is 1.78 bits per heavy atom. The van der Waals surface area contributed by atoms with Crippen LogP contribution in [0.15, 0.2) is 0 Å². The first kappa shape index (κ1) is 8.84. The predicted molar refractivity (Wildman–Crippen MR) is 30.5 cm³/mol. The molecule has 0 fully saturated rings. The third-order valence-corrected chi connectivity index (χ3v) is 0.976. The van der Waals surface area contributed by atoms with Gasteiger partial charge in [0.1, 0.15) is 12.2 Å². The molecule has 3 atom stereocenters. The van der Waals surface area contributed by atoms with Gasteiger partial charge in [-0.3, -0.25) is 0 Å². The van der Waals surface area contributed by atoms with E-state index < -0.39 is 24.9 Å². The monoisotopic (exact) mass is 135 g/mol. The Hall–Kier alpha value is -0.160. The van der Waals surface area contributed by atoms with Crippen molar-refractivity contribution in [1.29, 1.82) is 0 Å². The molecule has 0 spiro atoms. The highest BCUT2D eigenvalue weighted by Gasteiger charge is 2.19. The third kappa shape index (κ3) is 2.76. The SMILES string of the molecule is [CH2][C@H](O)[C@@H](O)[C@H](O)CO. The van der Waals surface area contributed by atoms with Gasteiger partial charge in [-0.05, 0) is 6.92 Å². The first-order valence-electron chi connectivity index (χ1n) is 2.57. The van der Waals surface area contributed by atoms with Crippen LogP contribution in [0.2, 0.25) is 0 Å². The van der Waals surface area contributed by atoms with Gasteiger partial charge in [-0.2, -0.15) is 0 Å². The minimum Gasteiger partial charge on any atom is -0.394 e. The molecular formula is C5H11O4. The molecule has 0 saturated carbocycles. The zero-order valence-corrected chi connectivity index (χ0v) is 4.94. The standard InChI is InChI=1S/C5H11O4/c1-3(7)5(9)4(8)2-6/h3-9H,1-2H2/t3-,4+,5+/m0/s1. The van der Waals surface area contributed by atoms with Crippen molar-refractivity contribution in [3.8, 4) is 0 Å². The lowest BCUT2D eigenvalue weighted by molar-refractivity contribution is -0.0619. The molecule has 0 aromatic carbocycles. The van der Waals surface area contributed by atoms with Gasteiger partial charge in [0.2, 0.25) is 0 Å². The molecule has 0 amide bonds. The number of rotatable bonds is 3. The maximum absolute atomic E-state index is 8.67. The third-order valence-electron chi connectivity index (χ3n) is 0.976. The lowest BCUT2D eigenvalue weighted by Crippen LogP contribution is -2.37. The number of hydrogen-bond acceptors (Lipinski definition) is 4. The maximum Gasteiger partial charge on any atom is 0.108 e. The summed E-state index contributed by atoms with van der Waals surface area (Å²) in [5.41, 5.74) is 0. The molecule has 1 radical (unpaired) electrons. The molecule has 4 heteroatoms. The highest BCUT2D eigenvalue weighted by atomic mass is 16.4. The van der Waals surface area contributed by atoms with E-state index in [-0.39, 0.29) is 0 Å². The topological polar surface area (TPSA) is 80.9 Å². The predicted octanol–water partition coefficient (Wildman–Crippen LogP) is -2.10. The van der Waals surface area contributed by atoms with Crippen molar-refractivity contribution >= 4 is 0 Å². The van der Waals surface area contributed by atoms with E-state index in [4.69, 9.17) is 20.4 Å². The van der Waals surface area contributed by atoms with Crippen molar-refractivity contribution in [3.63, 3.8) is 0 Å². The van der Waals surface area contributed by atoms with Crippen LogP contribution < -0.4 is 0 Å². The molecule has 4 nitrogen and oxygen atoms in total. The minimum atomic E-state index is -1.37. The van der Waals surface area contributed by atoms with E-state index in [2.05, 4.69) is 6.92 Å².